The maximum absolute atomic E-state index is 12.1. The molecule has 0 aliphatic heterocycles. The van der Waals surface area contributed by atoms with Gasteiger partial charge in [0.1, 0.15) is 5.69 Å². The van der Waals surface area contributed by atoms with E-state index in [-0.39, 0.29) is 11.8 Å². The number of hydrogen-bond acceptors (Lipinski definition) is 4. The molecule has 0 aliphatic rings. The summed E-state index contributed by atoms with van der Waals surface area (Å²) in [5, 5.41) is 3.72. The van der Waals surface area contributed by atoms with Crippen molar-refractivity contribution in [1.82, 2.24) is 9.97 Å². The number of aromatic nitrogens is 2. The molecule has 0 saturated heterocycles. The van der Waals surface area contributed by atoms with Gasteiger partial charge in [0.15, 0.2) is 5.82 Å². The number of benzene rings is 1. The fraction of sp³-hybridized carbons (Fsp3) is 0.312. The molecule has 0 unspecified atom stereocenters. The van der Waals surface area contributed by atoms with E-state index in [1.807, 2.05) is 13.8 Å². The molecule has 0 saturated carbocycles. The molecule has 0 bridgehead atoms. The van der Waals surface area contributed by atoms with E-state index < -0.39 is 0 Å². The highest BCUT2D eigenvalue weighted by molar-refractivity contribution is 6.36. The molecule has 0 fully saturated rings. The number of carbonyl (C=O) groups is 1. The first-order chi connectivity index (χ1) is 10.9. The van der Waals surface area contributed by atoms with Crippen LogP contribution in [0.15, 0.2) is 24.4 Å². The average Bonchev–Trinajstić information content (AvgIpc) is 2.47. The third kappa shape index (κ3) is 4.56. The minimum atomic E-state index is -0.145. The molecule has 7 heteroatoms. The van der Waals surface area contributed by atoms with Crippen LogP contribution in [0.5, 0.6) is 5.88 Å². The molecular weight excluding hydrogens is 337 g/mol. The average molecular weight is 354 g/mol. The second kappa shape index (κ2) is 7.62. The molecule has 0 spiro atoms. The van der Waals surface area contributed by atoms with Crippen LogP contribution in [0, 0.1) is 5.92 Å². The maximum atomic E-state index is 12.1. The SMILES string of the molecule is COc1cnc(-c2ccc(Cl)cc2Cl)c(NC(=O)CC(C)C)n1. The Hall–Kier alpha value is -1.85. The van der Waals surface area contributed by atoms with Crippen LogP contribution in [0.4, 0.5) is 5.82 Å². The molecule has 1 heterocycles. The lowest BCUT2D eigenvalue weighted by atomic mass is 10.1. The van der Waals surface area contributed by atoms with Crippen LogP contribution in [0.2, 0.25) is 10.0 Å². The van der Waals surface area contributed by atoms with Crippen molar-refractivity contribution in [2.24, 2.45) is 5.92 Å². The number of nitrogens with zero attached hydrogens (tertiary/aromatic N) is 2. The number of methoxy groups -OCH3 is 1. The summed E-state index contributed by atoms with van der Waals surface area (Å²) in [6, 6.07) is 5.05. The molecule has 122 valence electrons. The lowest BCUT2D eigenvalue weighted by Crippen LogP contribution is -2.16. The largest absolute Gasteiger partial charge is 0.480 e. The summed E-state index contributed by atoms with van der Waals surface area (Å²) in [6.07, 6.45) is 1.85. The van der Waals surface area contributed by atoms with E-state index in [2.05, 4.69) is 15.3 Å². The number of amides is 1. The van der Waals surface area contributed by atoms with Gasteiger partial charge >= 0.3 is 0 Å². The van der Waals surface area contributed by atoms with Gasteiger partial charge in [0.05, 0.1) is 18.3 Å². The van der Waals surface area contributed by atoms with Crippen LogP contribution in [0.1, 0.15) is 20.3 Å². The third-order valence-electron chi connectivity index (χ3n) is 3.00. The van der Waals surface area contributed by atoms with E-state index in [0.29, 0.717) is 39.4 Å². The van der Waals surface area contributed by atoms with Gasteiger partial charge in [0.2, 0.25) is 11.8 Å². The summed E-state index contributed by atoms with van der Waals surface area (Å²) in [4.78, 5) is 20.7. The van der Waals surface area contributed by atoms with E-state index in [1.54, 1.807) is 18.2 Å². The van der Waals surface area contributed by atoms with Gasteiger partial charge in [-0.1, -0.05) is 37.0 Å². The minimum absolute atomic E-state index is 0.145. The van der Waals surface area contributed by atoms with Gasteiger partial charge in [-0.2, -0.15) is 4.98 Å². The molecular formula is C16H17Cl2N3O2. The number of hydrogen-bond donors (Lipinski definition) is 1. The van der Waals surface area contributed by atoms with Crippen LogP contribution in [-0.2, 0) is 4.79 Å². The van der Waals surface area contributed by atoms with Gasteiger partial charge in [-0.3, -0.25) is 4.79 Å². The predicted molar refractivity (Wildman–Crippen MR) is 92.1 cm³/mol. The third-order valence-corrected chi connectivity index (χ3v) is 3.55. The highest BCUT2D eigenvalue weighted by Gasteiger charge is 2.16. The fourth-order valence-corrected chi connectivity index (χ4v) is 2.49. The Bertz CT molecular complexity index is 720. The number of halogens is 2. The monoisotopic (exact) mass is 353 g/mol. The lowest BCUT2D eigenvalue weighted by molar-refractivity contribution is -0.116. The normalized spacial score (nSPS) is 10.7. The molecule has 0 atom stereocenters. The standard InChI is InChI=1S/C16H17Cl2N3O2/c1-9(2)6-13(22)20-16-15(19-8-14(21-16)23-3)11-5-4-10(17)7-12(11)18/h4-5,7-9H,6H2,1-3H3,(H,20,21,22). The number of anilines is 1. The molecule has 23 heavy (non-hydrogen) atoms. The van der Waals surface area contributed by atoms with Crippen molar-refractivity contribution >= 4 is 34.9 Å². The molecule has 0 radical (unpaired) electrons. The molecule has 1 amide bonds. The van der Waals surface area contributed by atoms with E-state index in [4.69, 9.17) is 27.9 Å². The minimum Gasteiger partial charge on any atom is -0.480 e. The Labute approximate surface area is 145 Å². The van der Waals surface area contributed by atoms with Crippen molar-refractivity contribution in [2.75, 3.05) is 12.4 Å². The summed E-state index contributed by atoms with van der Waals surface area (Å²) >= 11 is 12.2. The first-order valence-electron chi connectivity index (χ1n) is 7.07. The molecule has 1 aromatic heterocycles. The highest BCUT2D eigenvalue weighted by Crippen LogP contribution is 2.33. The van der Waals surface area contributed by atoms with Gasteiger partial charge in [0, 0.05) is 17.0 Å². The van der Waals surface area contributed by atoms with Crippen molar-refractivity contribution < 1.29 is 9.53 Å². The predicted octanol–water partition coefficient (Wildman–Crippen LogP) is 4.44. The zero-order valence-electron chi connectivity index (χ0n) is 13.1. The Morgan fingerprint density at radius 2 is 2.09 bits per heavy atom. The van der Waals surface area contributed by atoms with Gasteiger partial charge in [-0.15, -0.1) is 0 Å². The van der Waals surface area contributed by atoms with Crippen molar-refractivity contribution in [3.8, 4) is 17.1 Å². The van der Waals surface area contributed by atoms with E-state index in [0.717, 1.165) is 0 Å². The van der Waals surface area contributed by atoms with Gasteiger partial charge in [-0.05, 0) is 24.1 Å². The summed E-state index contributed by atoms with van der Waals surface area (Å²) in [7, 11) is 1.48. The van der Waals surface area contributed by atoms with E-state index in [9.17, 15) is 4.79 Å². The Kier molecular flexibility index (Phi) is 5.80. The Morgan fingerprint density at radius 1 is 1.35 bits per heavy atom. The number of rotatable bonds is 5. The Morgan fingerprint density at radius 3 is 2.70 bits per heavy atom. The van der Waals surface area contributed by atoms with Crippen molar-refractivity contribution in [2.45, 2.75) is 20.3 Å². The second-order valence-electron chi connectivity index (χ2n) is 5.38. The lowest BCUT2D eigenvalue weighted by Gasteiger charge is -2.13. The molecule has 2 rings (SSSR count). The van der Waals surface area contributed by atoms with E-state index in [1.165, 1.54) is 13.3 Å². The summed E-state index contributed by atoms with van der Waals surface area (Å²) in [6.45, 7) is 3.93. The van der Waals surface area contributed by atoms with Crippen molar-refractivity contribution in [3.05, 3.63) is 34.4 Å². The quantitative estimate of drug-likeness (QED) is 0.862. The zero-order valence-corrected chi connectivity index (χ0v) is 14.6. The van der Waals surface area contributed by atoms with Crippen LogP contribution in [0.25, 0.3) is 11.3 Å². The maximum Gasteiger partial charge on any atom is 0.234 e. The zero-order chi connectivity index (χ0) is 17.0. The number of ether oxygens (including phenoxy) is 1. The van der Waals surface area contributed by atoms with Crippen LogP contribution >= 0.6 is 23.2 Å². The molecule has 1 N–H and O–H groups in total. The summed E-state index contributed by atoms with van der Waals surface area (Å²) in [5.41, 5.74) is 1.09. The Balaban J connectivity index is 2.44. The topological polar surface area (TPSA) is 64.1 Å². The van der Waals surface area contributed by atoms with Crippen LogP contribution in [-0.4, -0.2) is 23.0 Å². The second-order valence-corrected chi connectivity index (χ2v) is 6.22. The molecule has 1 aromatic carbocycles. The van der Waals surface area contributed by atoms with Gasteiger partial charge in [-0.25, -0.2) is 4.98 Å². The van der Waals surface area contributed by atoms with Crippen LogP contribution in [0.3, 0.4) is 0 Å². The van der Waals surface area contributed by atoms with E-state index >= 15 is 0 Å². The smallest absolute Gasteiger partial charge is 0.234 e. The van der Waals surface area contributed by atoms with Crippen molar-refractivity contribution in [1.29, 1.82) is 0 Å². The molecule has 2 aromatic rings. The number of carbonyl (C=O) groups excluding carboxylic acids is 1. The van der Waals surface area contributed by atoms with Gasteiger partial charge in [0.25, 0.3) is 0 Å². The molecule has 0 aliphatic carbocycles. The molecule has 5 nitrogen and oxygen atoms in total. The summed E-state index contributed by atoms with van der Waals surface area (Å²) < 4.78 is 5.08. The summed E-state index contributed by atoms with van der Waals surface area (Å²) in [5.74, 6) is 0.697. The van der Waals surface area contributed by atoms with Crippen molar-refractivity contribution in [3.63, 3.8) is 0 Å². The number of nitrogens with one attached hydrogen (secondary N) is 1. The fourth-order valence-electron chi connectivity index (χ4n) is 1.99. The first-order valence-corrected chi connectivity index (χ1v) is 7.82. The highest BCUT2D eigenvalue weighted by atomic mass is 35.5. The first kappa shape index (κ1) is 17.5. The van der Waals surface area contributed by atoms with Gasteiger partial charge < -0.3 is 10.1 Å². The van der Waals surface area contributed by atoms with Crippen LogP contribution < -0.4 is 10.1 Å².